The van der Waals surface area contributed by atoms with E-state index >= 15 is 0 Å². The van der Waals surface area contributed by atoms with Gasteiger partial charge in [-0.15, -0.1) is 0 Å². The zero-order valence-corrected chi connectivity index (χ0v) is 11.8. The van der Waals surface area contributed by atoms with Gasteiger partial charge in [0, 0.05) is 12.2 Å². The minimum absolute atomic E-state index is 0.424. The number of amides is 1. The van der Waals surface area contributed by atoms with Gasteiger partial charge in [0.25, 0.3) is 0 Å². The van der Waals surface area contributed by atoms with E-state index in [0.29, 0.717) is 0 Å². The molecule has 0 aliphatic carbocycles. The van der Waals surface area contributed by atoms with Crippen molar-refractivity contribution in [3.8, 4) is 0 Å². The normalized spacial score (nSPS) is 11.2. The molecule has 0 aliphatic heterocycles. The number of carbonyl (C=O) groups is 1. The Hall–Kier alpha value is -1.55. The van der Waals surface area contributed by atoms with Crippen molar-refractivity contribution in [1.82, 2.24) is 5.32 Å². The summed E-state index contributed by atoms with van der Waals surface area (Å²) >= 11 is 0. The Morgan fingerprint density at radius 3 is 2.56 bits per heavy atom. The Bertz CT molecular complexity index is 422. The molecule has 1 amide bonds. The van der Waals surface area contributed by atoms with Gasteiger partial charge >= 0.3 is 6.09 Å². The summed E-state index contributed by atoms with van der Waals surface area (Å²) in [5.41, 5.74) is 2.44. The molecule has 0 radical (unpaired) electrons. The number of anilines is 1. The molecule has 1 aromatic carbocycles. The molecule has 100 valence electrons. The van der Waals surface area contributed by atoms with Crippen molar-refractivity contribution in [3.05, 3.63) is 29.3 Å². The van der Waals surface area contributed by atoms with Crippen molar-refractivity contribution in [3.63, 3.8) is 0 Å². The first kappa shape index (κ1) is 14.5. The van der Waals surface area contributed by atoms with Crippen LogP contribution in [-0.4, -0.2) is 18.7 Å². The predicted octanol–water partition coefficient (Wildman–Crippen LogP) is 3.06. The van der Waals surface area contributed by atoms with Crippen molar-refractivity contribution in [2.24, 2.45) is 0 Å². The second-order valence-electron chi connectivity index (χ2n) is 5.31. The molecule has 2 N–H and O–H groups in total. The Kier molecular flexibility index (Phi) is 4.73. The fraction of sp³-hybridized carbons (Fsp3) is 0.500. The van der Waals surface area contributed by atoms with Gasteiger partial charge in [0.05, 0.1) is 0 Å². The number of nitrogens with one attached hydrogen (secondary N) is 2. The van der Waals surface area contributed by atoms with Crippen molar-refractivity contribution in [2.75, 3.05) is 12.4 Å². The molecular formula is C14H22N2O2. The molecule has 0 unspecified atom stereocenters. The standard InChI is InChI=1S/C14H22N2O2/c1-10-6-7-11(9-15-5)8-12(10)16-13(17)18-14(2,3)4/h6-8,15H,9H2,1-5H3,(H,16,17). The maximum atomic E-state index is 11.7. The first-order valence-electron chi connectivity index (χ1n) is 6.06. The largest absolute Gasteiger partial charge is 0.444 e. The van der Waals surface area contributed by atoms with E-state index in [1.54, 1.807) is 0 Å². The van der Waals surface area contributed by atoms with E-state index < -0.39 is 11.7 Å². The number of hydrogen-bond acceptors (Lipinski definition) is 3. The van der Waals surface area contributed by atoms with Crippen molar-refractivity contribution < 1.29 is 9.53 Å². The fourth-order valence-electron chi connectivity index (χ4n) is 1.53. The average Bonchev–Trinajstić information content (AvgIpc) is 2.20. The molecule has 0 aromatic heterocycles. The minimum atomic E-state index is -0.486. The summed E-state index contributed by atoms with van der Waals surface area (Å²) in [5.74, 6) is 0. The zero-order valence-electron chi connectivity index (χ0n) is 11.8. The van der Waals surface area contributed by atoms with Gasteiger partial charge in [0.15, 0.2) is 0 Å². The predicted molar refractivity (Wildman–Crippen MR) is 73.8 cm³/mol. The Morgan fingerprint density at radius 2 is 2.00 bits per heavy atom. The maximum absolute atomic E-state index is 11.7. The van der Waals surface area contributed by atoms with Gasteiger partial charge in [-0.05, 0) is 51.9 Å². The fourth-order valence-corrected chi connectivity index (χ4v) is 1.53. The van der Waals surface area contributed by atoms with E-state index in [4.69, 9.17) is 4.74 Å². The Labute approximate surface area is 109 Å². The van der Waals surface area contributed by atoms with Crippen molar-refractivity contribution in [1.29, 1.82) is 0 Å². The lowest BCUT2D eigenvalue weighted by molar-refractivity contribution is 0.0636. The molecule has 1 aromatic rings. The third kappa shape index (κ3) is 4.75. The quantitative estimate of drug-likeness (QED) is 0.866. The summed E-state index contributed by atoms with van der Waals surface area (Å²) in [6.07, 6.45) is -0.424. The van der Waals surface area contributed by atoms with E-state index in [-0.39, 0.29) is 0 Å². The highest BCUT2D eigenvalue weighted by Gasteiger charge is 2.16. The van der Waals surface area contributed by atoms with Gasteiger partial charge in [-0.2, -0.15) is 0 Å². The van der Waals surface area contributed by atoms with E-state index in [9.17, 15) is 4.79 Å². The molecule has 0 bridgehead atoms. The van der Waals surface area contributed by atoms with E-state index in [2.05, 4.69) is 10.6 Å². The highest BCUT2D eigenvalue weighted by atomic mass is 16.6. The van der Waals surface area contributed by atoms with Crippen LogP contribution in [0.5, 0.6) is 0 Å². The van der Waals surface area contributed by atoms with Crippen molar-refractivity contribution >= 4 is 11.8 Å². The van der Waals surface area contributed by atoms with E-state index in [1.807, 2.05) is 52.9 Å². The summed E-state index contributed by atoms with van der Waals surface area (Å²) in [5, 5.41) is 5.85. The van der Waals surface area contributed by atoms with E-state index in [0.717, 1.165) is 23.4 Å². The van der Waals surface area contributed by atoms with Gasteiger partial charge in [-0.1, -0.05) is 12.1 Å². The number of hydrogen-bond donors (Lipinski definition) is 2. The number of aryl methyl sites for hydroxylation is 1. The Morgan fingerprint density at radius 1 is 1.33 bits per heavy atom. The maximum Gasteiger partial charge on any atom is 0.412 e. The van der Waals surface area contributed by atoms with Crippen LogP contribution in [0.4, 0.5) is 10.5 Å². The summed E-state index contributed by atoms with van der Waals surface area (Å²) < 4.78 is 5.23. The van der Waals surface area contributed by atoms with Crippen LogP contribution in [0.2, 0.25) is 0 Å². The number of benzene rings is 1. The van der Waals surface area contributed by atoms with Gasteiger partial charge in [-0.3, -0.25) is 5.32 Å². The molecule has 0 saturated carbocycles. The zero-order chi connectivity index (χ0) is 13.8. The van der Waals surface area contributed by atoms with Crippen molar-refractivity contribution in [2.45, 2.75) is 39.8 Å². The van der Waals surface area contributed by atoms with Crippen LogP contribution < -0.4 is 10.6 Å². The SMILES string of the molecule is CNCc1ccc(C)c(NC(=O)OC(C)(C)C)c1. The summed E-state index contributed by atoms with van der Waals surface area (Å²) in [6, 6.07) is 5.97. The van der Waals surface area contributed by atoms with Crippen LogP contribution in [0.3, 0.4) is 0 Å². The first-order valence-corrected chi connectivity index (χ1v) is 6.06. The minimum Gasteiger partial charge on any atom is -0.444 e. The van der Waals surface area contributed by atoms with Crippen LogP contribution in [0.1, 0.15) is 31.9 Å². The third-order valence-electron chi connectivity index (χ3n) is 2.32. The van der Waals surface area contributed by atoms with Crippen LogP contribution in [0.25, 0.3) is 0 Å². The number of rotatable bonds is 3. The molecule has 4 nitrogen and oxygen atoms in total. The van der Waals surface area contributed by atoms with Crippen LogP contribution in [-0.2, 0) is 11.3 Å². The molecule has 0 fully saturated rings. The first-order chi connectivity index (χ1) is 8.31. The lowest BCUT2D eigenvalue weighted by Crippen LogP contribution is -2.27. The summed E-state index contributed by atoms with van der Waals surface area (Å²) in [6.45, 7) is 8.25. The molecular weight excluding hydrogens is 228 g/mol. The lowest BCUT2D eigenvalue weighted by atomic mass is 10.1. The average molecular weight is 250 g/mol. The molecule has 0 heterocycles. The molecule has 4 heteroatoms. The van der Waals surface area contributed by atoms with Gasteiger partial charge in [-0.25, -0.2) is 4.79 Å². The second-order valence-corrected chi connectivity index (χ2v) is 5.31. The van der Waals surface area contributed by atoms with E-state index in [1.165, 1.54) is 0 Å². The molecule has 0 spiro atoms. The van der Waals surface area contributed by atoms with Crippen LogP contribution in [0, 0.1) is 6.92 Å². The topological polar surface area (TPSA) is 50.4 Å². The molecule has 18 heavy (non-hydrogen) atoms. The summed E-state index contributed by atoms with van der Waals surface area (Å²) in [7, 11) is 1.89. The van der Waals surface area contributed by atoms with Gasteiger partial charge in [0.2, 0.25) is 0 Å². The second kappa shape index (κ2) is 5.87. The highest BCUT2D eigenvalue weighted by molar-refractivity contribution is 5.86. The monoisotopic (exact) mass is 250 g/mol. The molecule has 0 atom stereocenters. The van der Waals surface area contributed by atoms with Crippen LogP contribution >= 0.6 is 0 Å². The Balaban J connectivity index is 2.77. The lowest BCUT2D eigenvalue weighted by Gasteiger charge is -2.20. The molecule has 0 aliphatic rings. The third-order valence-corrected chi connectivity index (χ3v) is 2.32. The smallest absolute Gasteiger partial charge is 0.412 e. The number of carbonyl (C=O) groups excluding carboxylic acids is 1. The summed E-state index contributed by atoms with van der Waals surface area (Å²) in [4.78, 5) is 11.7. The highest BCUT2D eigenvalue weighted by Crippen LogP contribution is 2.18. The number of ether oxygens (including phenoxy) is 1. The van der Waals surface area contributed by atoms with Gasteiger partial charge in [0.1, 0.15) is 5.60 Å². The van der Waals surface area contributed by atoms with Gasteiger partial charge < -0.3 is 10.1 Å². The molecule has 1 rings (SSSR count). The van der Waals surface area contributed by atoms with Crippen LogP contribution in [0.15, 0.2) is 18.2 Å². The molecule has 0 saturated heterocycles.